The number of carboxylic acid groups (broad SMARTS) is 1. The summed E-state index contributed by atoms with van der Waals surface area (Å²) in [6.45, 7) is 5.10. The van der Waals surface area contributed by atoms with Gasteiger partial charge in [-0.2, -0.15) is 0 Å². The average molecular weight is 317 g/mol. The summed E-state index contributed by atoms with van der Waals surface area (Å²) in [6.07, 6.45) is 5.14. The molecule has 0 heterocycles. The Hall–Kier alpha value is -1.68. The van der Waals surface area contributed by atoms with Crippen LogP contribution < -0.4 is 0 Å². The SMILES string of the molecule is CCC(CC)c1ccc(C=O)c(C2(CN(C)CC(=O)O)CC2)c1. The molecule has 1 aliphatic carbocycles. The van der Waals surface area contributed by atoms with E-state index in [0.29, 0.717) is 12.5 Å². The molecular formula is C19H27NO3. The molecule has 0 unspecified atom stereocenters. The molecule has 126 valence electrons. The number of aliphatic carboxylic acids is 1. The zero-order valence-corrected chi connectivity index (χ0v) is 14.3. The highest BCUT2D eigenvalue weighted by atomic mass is 16.4. The smallest absolute Gasteiger partial charge is 0.317 e. The first-order chi connectivity index (χ1) is 11.0. The lowest BCUT2D eigenvalue weighted by Crippen LogP contribution is -2.33. The van der Waals surface area contributed by atoms with Crippen molar-refractivity contribution in [1.82, 2.24) is 4.90 Å². The molecule has 1 saturated carbocycles. The van der Waals surface area contributed by atoms with Gasteiger partial charge < -0.3 is 5.11 Å². The van der Waals surface area contributed by atoms with Crippen molar-refractivity contribution < 1.29 is 14.7 Å². The molecule has 4 nitrogen and oxygen atoms in total. The van der Waals surface area contributed by atoms with Crippen molar-refractivity contribution in [3.63, 3.8) is 0 Å². The second-order valence-corrected chi connectivity index (χ2v) is 6.82. The molecule has 1 fully saturated rings. The molecule has 1 aliphatic rings. The van der Waals surface area contributed by atoms with Gasteiger partial charge in [0.05, 0.1) is 6.54 Å². The predicted molar refractivity (Wildman–Crippen MR) is 91.2 cm³/mol. The van der Waals surface area contributed by atoms with Crippen LogP contribution in [0.3, 0.4) is 0 Å². The van der Waals surface area contributed by atoms with Gasteiger partial charge in [0.1, 0.15) is 6.29 Å². The number of likely N-dealkylation sites (N-methyl/N-ethyl adjacent to an activating group) is 1. The number of rotatable bonds is 9. The third-order valence-corrected chi connectivity index (χ3v) is 5.06. The van der Waals surface area contributed by atoms with E-state index in [-0.39, 0.29) is 12.0 Å². The first-order valence-corrected chi connectivity index (χ1v) is 8.45. The maximum Gasteiger partial charge on any atom is 0.317 e. The van der Waals surface area contributed by atoms with Crippen LogP contribution in [0.5, 0.6) is 0 Å². The van der Waals surface area contributed by atoms with Crippen LogP contribution in [0.1, 0.15) is 66.9 Å². The molecule has 0 aliphatic heterocycles. The van der Waals surface area contributed by atoms with Gasteiger partial charge in [-0.1, -0.05) is 32.0 Å². The van der Waals surface area contributed by atoms with Crippen LogP contribution in [0.4, 0.5) is 0 Å². The normalized spacial score (nSPS) is 15.9. The van der Waals surface area contributed by atoms with Gasteiger partial charge in [0, 0.05) is 17.5 Å². The van der Waals surface area contributed by atoms with Crippen molar-refractivity contribution in [3.8, 4) is 0 Å². The average Bonchev–Trinajstić information content (AvgIpc) is 3.28. The Kier molecular flexibility index (Phi) is 5.58. The zero-order valence-electron chi connectivity index (χ0n) is 14.3. The number of hydrogen-bond donors (Lipinski definition) is 1. The maximum atomic E-state index is 11.5. The zero-order chi connectivity index (χ0) is 17.0. The largest absolute Gasteiger partial charge is 0.480 e. The van der Waals surface area contributed by atoms with Gasteiger partial charge in [0.25, 0.3) is 0 Å². The van der Waals surface area contributed by atoms with E-state index in [0.717, 1.165) is 43.1 Å². The molecular weight excluding hydrogens is 290 g/mol. The fourth-order valence-corrected chi connectivity index (χ4v) is 3.62. The molecule has 0 amide bonds. The van der Waals surface area contributed by atoms with E-state index in [1.165, 1.54) is 5.56 Å². The van der Waals surface area contributed by atoms with Gasteiger partial charge in [-0.05, 0) is 49.8 Å². The number of hydrogen-bond acceptors (Lipinski definition) is 3. The van der Waals surface area contributed by atoms with Gasteiger partial charge in [-0.3, -0.25) is 14.5 Å². The fraction of sp³-hybridized carbons (Fsp3) is 0.579. The molecule has 2 rings (SSSR count). The van der Waals surface area contributed by atoms with E-state index < -0.39 is 5.97 Å². The van der Waals surface area contributed by atoms with Crippen LogP contribution in [0, 0.1) is 0 Å². The van der Waals surface area contributed by atoms with Crippen molar-refractivity contribution >= 4 is 12.3 Å². The summed E-state index contributed by atoms with van der Waals surface area (Å²) in [6, 6.07) is 6.21. The number of nitrogens with zero attached hydrogens (tertiary/aromatic N) is 1. The molecule has 0 aromatic heterocycles. The van der Waals surface area contributed by atoms with E-state index >= 15 is 0 Å². The highest BCUT2D eigenvalue weighted by Gasteiger charge is 2.46. The Labute approximate surface area is 138 Å². The molecule has 1 N–H and O–H groups in total. The molecule has 1 aromatic rings. The van der Waals surface area contributed by atoms with Crippen LogP contribution >= 0.6 is 0 Å². The second-order valence-electron chi connectivity index (χ2n) is 6.82. The summed E-state index contributed by atoms with van der Waals surface area (Å²) in [5.41, 5.74) is 3.10. The summed E-state index contributed by atoms with van der Waals surface area (Å²) in [5, 5.41) is 8.96. The van der Waals surface area contributed by atoms with E-state index in [9.17, 15) is 9.59 Å². The summed E-state index contributed by atoms with van der Waals surface area (Å²) in [5.74, 6) is -0.299. The van der Waals surface area contributed by atoms with Crippen molar-refractivity contribution in [2.75, 3.05) is 20.1 Å². The van der Waals surface area contributed by atoms with Gasteiger partial charge in [-0.25, -0.2) is 0 Å². The highest BCUT2D eigenvalue weighted by molar-refractivity contribution is 5.79. The Morgan fingerprint density at radius 3 is 2.48 bits per heavy atom. The minimum Gasteiger partial charge on any atom is -0.480 e. The number of aldehydes is 1. The molecule has 0 saturated heterocycles. The third-order valence-electron chi connectivity index (χ3n) is 5.06. The Balaban J connectivity index is 2.31. The van der Waals surface area contributed by atoms with Crippen LogP contribution in [0.15, 0.2) is 18.2 Å². The first kappa shape index (κ1) is 17.7. The second kappa shape index (κ2) is 7.26. The van der Waals surface area contributed by atoms with Crippen molar-refractivity contribution in [1.29, 1.82) is 0 Å². The lowest BCUT2D eigenvalue weighted by molar-refractivity contribution is -0.138. The monoisotopic (exact) mass is 317 g/mol. The summed E-state index contributed by atoms with van der Waals surface area (Å²) in [4.78, 5) is 24.2. The number of carbonyl (C=O) groups is 2. The van der Waals surface area contributed by atoms with E-state index in [2.05, 4.69) is 26.0 Å². The van der Waals surface area contributed by atoms with E-state index in [4.69, 9.17) is 5.11 Å². The molecule has 0 atom stereocenters. The summed E-state index contributed by atoms with van der Waals surface area (Å²) >= 11 is 0. The number of benzene rings is 1. The number of carboxylic acids is 1. The van der Waals surface area contributed by atoms with Crippen molar-refractivity contribution in [2.24, 2.45) is 0 Å². The third kappa shape index (κ3) is 3.99. The fourth-order valence-electron chi connectivity index (χ4n) is 3.62. The van der Waals surface area contributed by atoms with Gasteiger partial charge in [0.2, 0.25) is 0 Å². The highest BCUT2D eigenvalue weighted by Crippen LogP contribution is 2.50. The molecule has 23 heavy (non-hydrogen) atoms. The summed E-state index contributed by atoms with van der Waals surface area (Å²) < 4.78 is 0. The quantitative estimate of drug-likeness (QED) is 0.709. The molecule has 1 aromatic carbocycles. The van der Waals surface area contributed by atoms with Crippen molar-refractivity contribution in [2.45, 2.75) is 50.9 Å². The minimum absolute atomic E-state index is 0.0322. The lowest BCUT2D eigenvalue weighted by Gasteiger charge is -2.25. The molecule has 0 spiro atoms. The Morgan fingerprint density at radius 1 is 1.35 bits per heavy atom. The lowest BCUT2D eigenvalue weighted by atomic mass is 9.85. The molecule has 4 heteroatoms. The molecule has 0 radical (unpaired) electrons. The van der Waals surface area contributed by atoms with Gasteiger partial charge in [0.15, 0.2) is 0 Å². The van der Waals surface area contributed by atoms with Crippen LogP contribution in [0.2, 0.25) is 0 Å². The topological polar surface area (TPSA) is 57.6 Å². The Morgan fingerprint density at radius 2 is 2.00 bits per heavy atom. The van der Waals surface area contributed by atoms with Gasteiger partial charge >= 0.3 is 5.97 Å². The maximum absolute atomic E-state index is 11.5. The van der Waals surface area contributed by atoms with Crippen LogP contribution in [-0.4, -0.2) is 42.4 Å². The predicted octanol–water partition coefficient (Wildman–Crippen LogP) is 3.45. The van der Waals surface area contributed by atoms with Crippen LogP contribution in [-0.2, 0) is 10.2 Å². The van der Waals surface area contributed by atoms with Crippen molar-refractivity contribution in [3.05, 3.63) is 34.9 Å². The van der Waals surface area contributed by atoms with Gasteiger partial charge in [-0.15, -0.1) is 0 Å². The van der Waals surface area contributed by atoms with E-state index in [1.807, 2.05) is 18.0 Å². The molecule has 0 bridgehead atoms. The Bertz CT molecular complexity index is 574. The van der Waals surface area contributed by atoms with Crippen LogP contribution in [0.25, 0.3) is 0 Å². The summed E-state index contributed by atoms with van der Waals surface area (Å²) in [7, 11) is 1.83. The number of carbonyl (C=O) groups excluding carboxylic acids is 1. The first-order valence-electron chi connectivity index (χ1n) is 8.45. The minimum atomic E-state index is -0.815. The standard InChI is InChI=1S/C19H27NO3/c1-4-14(5-2)15-6-7-16(12-21)17(10-15)19(8-9-19)13-20(3)11-18(22)23/h6-7,10,12,14H,4-5,8-9,11,13H2,1-3H3,(H,22,23). The van der Waals surface area contributed by atoms with E-state index in [1.54, 1.807) is 0 Å².